The molecule has 0 spiro atoms. The van der Waals surface area contributed by atoms with E-state index in [1.807, 2.05) is 13.8 Å². The molecule has 0 saturated heterocycles. The molecule has 1 aliphatic rings. The number of hydrogen-bond donors (Lipinski definition) is 1. The number of carbonyl (C=O) groups excluding carboxylic acids is 2. The molecule has 5 nitrogen and oxygen atoms in total. The van der Waals surface area contributed by atoms with Crippen LogP contribution in [0.5, 0.6) is 0 Å². The highest BCUT2D eigenvalue weighted by Gasteiger charge is 2.32. The Hall–Kier alpha value is -1.78. The monoisotopic (exact) mass is 289 g/mol. The van der Waals surface area contributed by atoms with E-state index in [0.717, 1.165) is 25.7 Å². The van der Waals surface area contributed by atoms with Gasteiger partial charge in [0.05, 0.1) is 12.2 Å². The van der Waals surface area contributed by atoms with E-state index < -0.39 is 6.04 Å². The number of Topliss-reactive ketones (excluding diaryl/α,β-unsaturated/α-hetero) is 1. The van der Waals surface area contributed by atoms with Gasteiger partial charge in [-0.2, -0.15) is 0 Å². The van der Waals surface area contributed by atoms with Crippen molar-refractivity contribution in [2.45, 2.75) is 52.0 Å². The zero-order valence-corrected chi connectivity index (χ0v) is 12.7. The van der Waals surface area contributed by atoms with E-state index >= 15 is 0 Å². The summed E-state index contributed by atoms with van der Waals surface area (Å²) in [5.41, 5.74) is 0.259. The number of hydrogen-bond acceptors (Lipinski definition) is 4. The lowest BCUT2D eigenvalue weighted by atomic mass is 9.80. The van der Waals surface area contributed by atoms with Crippen molar-refractivity contribution in [3.63, 3.8) is 0 Å². The summed E-state index contributed by atoms with van der Waals surface area (Å²) in [7, 11) is 0. The predicted octanol–water partition coefficient (Wildman–Crippen LogP) is 2.38. The molecule has 0 aromatic carbocycles. The molecular weight excluding hydrogens is 266 g/mol. The number of amides is 1. The van der Waals surface area contributed by atoms with Crippen LogP contribution >= 0.6 is 0 Å². The fourth-order valence-electron chi connectivity index (χ4n) is 2.88. The summed E-state index contributed by atoms with van der Waals surface area (Å²) in [4.78, 5) is 32.6. The first-order valence-corrected chi connectivity index (χ1v) is 7.70. The molecule has 1 aromatic heterocycles. The van der Waals surface area contributed by atoms with Crippen LogP contribution in [-0.2, 0) is 4.79 Å². The van der Waals surface area contributed by atoms with Crippen LogP contribution in [0.4, 0.5) is 0 Å². The third kappa shape index (κ3) is 4.09. The Morgan fingerprint density at radius 2 is 1.90 bits per heavy atom. The molecule has 1 unspecified atom stereocenters. The fourth-order valence-corrected chi connectivity index (χ4v) is 2.88. The Morgan fingerprint density at radius 3 is 2.48 bits per heavy atom. The van der Waals surface area contributed by atoms with Crippen LogP contribution in [0.25, 0.3) is 0 Å². The molecule has 0 aliphatic heterocycles. The van der Waals surface area contributed by atoms with Crippen molar-refractivity contribution in [3.05, 3.63) is 24.3 Å². The molecule has 0 radical (unpaired) electrons. The highest BCUT2D eigenvalue weighted by molar-refractivity contribution is 5.96. The van der Waals surface area contributed by atoms with Crippen LogP contribution < -0.4 is 5.32 Å². The minimum Gasteiger partial charge on any atom is -0.341 e. The minimum atomic E-state index is -0.403. The van der Waals surface area contributed by atoms with Crippen LogP contribution in [0.1, 0.15) is 56.4 Å². The van der Waals surface area contributed by atoms with Crippen molar-refractivity contribution in [1.82, 2.24) is 15.3 Å². The van der Waals surface area contributed by atoms with Gasteiger partial charge in [0, 0.05) is 18.3 Å². The Morgan fingerprint density at radius 1 is 1.19 bits per heavy atom. The van der Waals surface area contributed by atoms with Crippen LogP contribution in [0.15, 0.2) is 18.6 Å². The first-order chi connectivity index (χ1) is 10.1. The Bertz CT molecular complexity index is 482. The second-order valence-corrected chi connectivity index (χ2v) is 6.00. The van der Waals surface area contributed by atoms with E-state index in [-0.39, 0.29) is 29.2 Å². The maximum atomic E-state index is 12.5. The van der Waals surface area contributed by atoms with Crippen molar-refractivity contribution in [1.29, 1.82) is 0 Å². The van der Waals surface area contributed by atoms with Gasteiger partial charge >= 0.3 is 0 Å². The molecule has 21 heavy (non-hydrogen) atoms. The topological polar surface area (TPSA) is 72.0 Å². The Labute approximate surface area is 125 Å². The molecule has 5 heteroatoms. The summed E-state index contributed by atoms with van der Waals surface area (Å²) >= 11 is 0. The van der Waals surface area contributed by atoms with Gasteiger partial charge in [0.1, 0.15) is 5.69 Å². The molecule has 2 rings (SSSR count). The maximum Gasteiger partial charge on any atom is 0.272 e. The van der Waals surface area contributed by atoms with Crippen LogP contribution in [0.2, 0.25) is 0 Å². The predicted molar refractivity (Wildman–Crippen MR) is 79.7 cm³/mol. The van der Waals surface area contributed by atoms with Crippen molar-refractivity contribution >= 4 is 11.7 Å². The molecule has 1 heterocycles. The molecule has 0 bridgehead atoms. The summed E-state index contributed by atoms with van der Waals surface area (Å²) < 4.78 is 0. The molecule has 1 N–H and O–H groups in total. The zero-order valence-electron chi connectivity index (χ0n) is 12.7. The van der Waals surface area contributed by atoms with Gasteiger partial charge in [0.15, 0.2) is 5.78 Å². The van der Waals surface area contributed by atoms with Gasteiger partial charge < -0.3 is 5.32 Å². The van der Waals surface area contributed by atoms with Crippen LogP contribution in [-0.4, -0.2) is 27.7 Å². The smallest absolute Gasteiger partial charge is 0.272 e. The number of rotatable bonds is 5. The molecule has 1 amide bonds. The van der Waals surface area contributed by atoms with Gasteiger partial charge in [-0.1, -0.05) is 33.1 Å². The number of nitrogens with zero attached hydrogens (tertiary/aromatic N) is 2. The second-order valence-electron chi connectivity index (χ2n) is 6.00. The quantitative estimate of drug-likeness (QED) is 0.903. The van der Waals surface area contributed by atoms with E-state index in [1.165, 1.54) is 25.0 Å². The largest absolute Gasteiger partial charge is 0.341 e. The van der Waals surface area contributed by atoms with Crippen molar-refractivity contribution < 1.29 is 9.59 Å². The Balaban J connectivity index is 2.11. The van der Waals surface area contributed by atoms with Gasteiger partial charge in [0.25, 0.3) is 5.91 Å². The summed E-state index contributed by atoms with van der Waals surface area (Å²) in [5.74, 6) is -0.0415. The van der Waals surface area contributed by atoms with E-state index in [1.54, 1.807) is 0 Å². The molecular formula is C16H23N3O2. The lowest BCUT2D eigenvalue weighted by molar-refractivity contribution is -0.125. The zero-order chi connectivity index (χ0) is 15.2. The van der Waals surface area contributed by atoms with Gasteiger partial charge in [-0.25, -0.2) is 4.98 Å². The van der Waals surface area contributed by atoms with Crippen molar-refractivity contribution in [2.75, 3.05) is 0 Å². The van der Waals surface area contributed by atoms with Gasteiger partial charge in [-0.3, -0.25) is 14.6 Å². The number of nitrogens with one attached hydrogen (secondary N) is 1. The average molecular weight is 289 g/mol. The molecule has 1 aliphatic carbocycles. The third-order valence-electron chi connectivity index (χ3n) is 4.08. The molecule has 1 atom stereocenters. The second kappa shape index (κ2) is 7.29. The molecule has 1 saturated carbocycles. The number of aromatic nitrogens is 2. The normalized spacial score (nSPS) is 17.5. The van der Waals surface area contributed by atoms with Gasteiger partial charge in [-0.15, -0.1) is 0 Å². The summed E-state index contributed by atoms with van der Waals surface area (Å²) in [6.07, 6.45) is 9.92. The van der Waals surface area contributed by atoms with Crippen LogP contribution in [0, 0.1) is 11.8 Å². The van der Waals surface area contributed by atoms with Gasteiger partial charge in [-0.05, 0) is 18.8 Å². The van der Waals surface area contributed by atoms with Crippen molar-refractivity contribution in [3.8, 4) is 0 Å². The first kappa shape index (κ1) is 15.6. The number of ketones is 1. The summed E-state index contributed by atoms with van der Waals surface area (Å²) in [6, 6.07) is -0.403. The Kier molecular flexibility index (Phi) is 5.42. The third-order valence-corrected chi connectivity index (χ3v) is 4.08. The SMILES string of the molecule is CC(C)C(=O)C(NC(=O)c1cnccn1)C1CCCCC1. The van der Waals surface area contributed by atoms with E-state index in [2.05, 4.69) is 15.3 Å². The highest BCUT2D eigenvalue weighted by atomic mass is 16.2. The fraction of sp³-hybridized carbons (Fsp3) is 0.625. The highest BCUT2D eigenvalue weighted by Crippen LogP contribution is 2.28. The summed E-state index contributed by atoms with van der Waals surface area (Å²) in [6.45, 7) is 3.76. The first-order valence-electron chi connectivity index (χ1n) is 7.70. The standard InChI is InChI=1S/C16H23N3O2/c1-11(2)15(20)14(12-6-4-3-5-7-12)19-16(21)13-10-17-8-9-18-13/h8-12,14H,3-7H2,1-2H3,(H,19,21). The average Bonchev–Trinajstić information content (AvgIpc) is 2.53. The van der Waals surface area contributed by atoms with E-state index in [4.69, 9.17) is 0 Å². The minimum absolute atomic E-state index is 0.0842. The maximum absolute atomic E-state index is 12.5. The van der Waals surface area contributed by atoms with Gasteiger partial charge in [0.2, 0.25) is 0 Å². The van der Waals surface area contributed by atoms with E-state index in [9.17, 15) is 9.59 Å². The number of carbonyl (C=O) groups is 2. The lowest BCUT2D eigenvalue weighted by Crippen LogP contribution is -2.48. The summed E-state index contributed by atoms with van der Waals surface area (Å²) in [5, 5.41) is 2.89. The molecule has 1 fully saturated rings. The van der Waals surface area contributed by atoms with Crippen LogP contribution in [0.3, 0.4) is 0 Å². The van der Waals surface area contributed by atoms with E-state index in [0.29, 0.717) is 0 Å². The molecule has 114 valence electrons. The lowest BCUT2D eigenvalue weighted by Gasteiger charge is -2.30. The van der Waals surface area contributed by atoms with Crippen molar-refractivity contribution in [2.24, 2.45) is 11.8 Å². The molecule has 1 aromatic rings.